The van der Waals surface area contributed by atoms with E-state index in [0.717, 1.165) is 19.6 Å². The quantitative estimate of drug-likeness (QED) is 0.648. The summed E-state index contributed by atoms with van der Waals surface area (Å²) in [6.45, 7) is 9.64. The van der Waals surface area contributed by atoms with E-state index in [0.29, 0.717) is 23.9 Å². The third kappa shape index (κ3) is 2.99. The molecule has 0 aromatic carbocycles. The molecule has 0 N–H and O–H groups in total. The lowest BCUT2D eigenvalue weighted by Crippen LogP contribution is -2.53. The number of rotatable bonds is 0. The normalized spacial score (nSPS) is 34.3. The molecule has 3 atom stereocenters. The molecule has 3 nitrogen and oxygen atoms in total. The summed E-state index contributed by atoms with van der Waals surface area (Å²) in [6, 6.07) is 0.694. The topological polar surface area (TPSA) is 23.6 Å². The first-order chi connectivity index (χ1) is 8.59. The zero-order valence-corrected chi connectivity index (χ0v) is 12.2. The SMILES string of the molecule is CC1CC(C)C(C)N(C(=O)N2CCCCCC2)C1. The molecule has 0 aromatic heterocycles. The fraction of sp³-hybridized carbons (Fsp3) is 0.933. The van der Waals surface area contributed by atoms with Gasteiger partial charge in [0.05, 0.1) is 0 Å². The van der Waals surface area contributed by atoms with Gasteiger partial charge in [-0.3, -0.25) is 0 Å². The van der Waals surface area contributed by atoms with Gasteiger partial charge in [0.1, 0.15) is 0 Å². The summed E-state index contributed by atoms with van der Waals surface area (Å²) in [5, 5.41) is 0. The fourth-order valence-corrected chi connectivity index (χ4v) is 3.41. The molecule has 0 spiro atoms. The van der Waals surface area contributed by atoms with E-state index in [1.807, 2.05) is 0 Å². The predicted molar refractivity (Wildman–Crippen MR) is 74.6 cm³/mol. The van der Waals surface area contributed by atoms with E-state index in [1.54, 1.807) is 0 Å². The van der Waals surface area contributed by atoms with E-state index in [1.165, 1.54) is 32.1 Å². The lowest BCUT2D eigenvalue weighted by molar-refractivity contribution is 0.0784. The molecule has 2 fully saturated rings. The van der Waals surface area contributed by atoms with Gasteiger partial charge in [0, 0.05) is 25.7 Å². The molecule has 0 bridgehead atoms. The Balaban J connectivity index is 2.01. The predicted octanol–water partition coefficient (Wildman–Crippen LogP) is 3.35. The zero-order chi connectivity index (χ0) is 13.1. The van der Waals surface area contributed by atoms with Crippen LogP contribution < -0.4 is 0 Å². The highest BCUT2D eigenvalue weighted by Gasteiger charge is 2.34. The van der Waals surface area contributed by atoms with Crippen molar-refractivity contribution in [3.8, 4) is 0 Å². The minimum atomic E-state index is 0.294. The number of hydrogen-bond donors (Lipinski definition) is 0. The lowest BCUT2D eigenvalue weighted by atomic mass is 9.86. The number of likely N-dealkylation sites (tertiary alicyclic amines) is 2. The molecular formula is C15H28N2O. The van der Waals surface area contributed by atoms with E-state index in [-0.39, 0.29) is 0 Å². The highest BCUT2D eigenvalue weighted by molar-refractivity contribution is 5.75. The molecule has 0 radical (unpaired) electrons. The Labute approximate surface area is 112 Å². The lowest BCUT2D eigenvalue weighted by Gasteiger charge is -2.43. The molecule has 0 aromatic rings. The molecule has 3 heteroatoms. The van der Waals surface area contributed by atoms with Crippen molar-refractivity contribution >= 4 is 6.03 Å². The van der Waals surface area contributed by atoms with Crippen molar-refractivity contribution in [1.82, 2.24) is 9.80 Å². The first kappa shape index (κ1) is 13.7. The molecule has 2 heterocycles. The Hall–Kier alpha value is -0.730. The Bertz CT molecular complexity index is 284. The van der Waals surface area contributed by atoms with Gasteiger partial charge in [-0.05, 0) is 38.0 Å². The van der Waals surface area contributed by atoms with E-state index < -0.39 is 0 Å². The van der Waals surface area contributed by atoms with Crippen molar-refractivity contribution < 1.29 is 4.79 Å². The van der Waals surface area contributed by atoms with Crippen LogP contribution in [0.25, 0.3) is 0 Å². The van der Waals surface area contributed by atoms with Crippen LogP contribution >= 0.6 is 0 Å². The third-order valence-electron chi connectivity index (χ3n) is 4.72. The summed E-state index contributed by atoms with van der Waals surface area (Å²) in [5.41, 5.74) is 0. The average Bonchev–Trinajstić information content (AvgIpc) is 2.61. The summed E-state index contributed by atoms with van der Waals surface area (Å²) in [5.74, 6) is 1.27. The van der Waals surface area contributed by atoms with E-state index in [2.05, 4.69) is 30.6 Å². The number of piperidine rings is 1. The molecule has 2 aliphatic rings. The van der Waals surface area contributed by atoms with Gasteiger partial charge in [-0.25, -0.2) is 4.79 Å². The Kier molecular flexibility index (Phi) is 4.52. The second kappa shape index (κ2) is 5.94. The number of carbonyl (C=O) groups is 1. The van der Waals surface area contributed by atoms with Gasteiger partial charge >= 0.3 is 6.03 Å². The molecule has 2 amide bonds. The van der Waals surface area contributed by atoms with E-state index >= 15 is 0 Å². The Morgan fingerprint density at radius 1 is 1.00 bits per heavy atom. The van der Waals surface area contributed by atoms with Crippen LogP contribution in [0, 0.1) is 11.8 Å². The van der Waals surface area contributed by atoms with Crippen molar-refractivity contribution in [2.24, 2.45) is 11.8 Å². The number of carbonyl (C=O) groups excluding carboxylic acids is 1. The number of hydrogen-bond acceptors (Lipinski definition) is 1. The monoisotopic (exact) mass is 252 g/mol. The Morgan fingerprint density at radius 2 is 1.61 bits per heavy atom. The van der Waals surface area contributed by atoms with Crippen molar-refractivity contribution in [2.45, 2.75) is 58.9 Å². The molecule has 2 saturated heterocycles. The van der Waals surface area contributed by atoms with Gasteiger partial charge in [0.2, 0.25) is 0 Å². The van der Waals surface area contributed by atoms with Crippen LogP contribution in [0.2, 0.25) is 0 Å². The minimum Gasteiger partial charge on any atom is -0.325 e. The number of urea groups is 1. The van der Waals surface area contributed by atoms with Gasteiger partial charge in [0.15, 0.2) is 0 Å². The minimum absolute atomic E-state index is 0.294. The van der Waals surface area contributed by atoms with Crippen LogP contribution in [0.4, 0.5) is 4.79 Å². The zero-order valence-electron chi connectivity index (χ0n) is 12.2. The summed E-state index contributed by atoms with van der Waals surface area (Å²) >= 11 is 0. The van der Waals surface area contributed by atoms with Gasteiger partial charge < -0.3 is 9.80 Å². The molecule has 2 rings (SSSR count). The summed E-state index contributed by atoms with van der Waals surface area (Å²) < 4.78 is 0. The van der Waals surface area contributed by atoms with Gasteiger partial charge in [0.25, 0.3) is 0 Å². The van der Waals surface area contributed by atoms with Crippen LogP contribution in [0.1, 0.15) is 52.9 Å². The largest absolute Gasteiger partial charge is 0.325 e. The molecule has 3 unspecified atom stereocenters. The fourth-order valence-electron chi connectivity index (χ4n) is 3.41. The molecular weight excluding hydrogens is 224 g/mol. The van der Waals surface area contributed by atoms with Gasteiger partial charge in [-0.15, -0.1) is 0 Å². The van der Waals surface area contributed by atoms with Gasteiger partial charge in [-0.2, -0.15) is 0 Å². The van der Waals surface area contributed by atoms with E-state index in [9.17, 15) is 4.79 Å². The maximum Gasteiger partial charge on any atom is 0.320 e. The summed E-state index contributed by atoms with van der Waals surface area (Å²) in [4.78, 5) is 16.9. The molecule has 2 aliphatic heterocycles. The van der Waals surface area contributed by atoms with Crippen molar-refractivity contribution in [3.63, 3.8) is 0 Å². The van der Waals surface area contributed by atoms with Gasteiger partial charge in [-0.1, -0.05) is 26.7 Å². The smallest absolute Gasteiger partial charge is 0.320 e. The summed E-state index contributed by atoms with van der Waals surface area (Å²) in [7, 11) is 0. The van der Waals surface area contributed by atoms with Crippen molar-refractivity contribution in [2.75, 3.05) is 19.6 Å². The van der Waals surface area contributed by atoms with Crippen LogP contribution in [0.15, 0.2) is 0 Å². The molecule has 18 heavy (non-hydrogen) atoms. The van der Waals surface area contributed by atoms with Crippen molar-refractivity contribution in [1.29, 1.82) is 0 Å². The average molecular weight is 252 g/mol. The molecule has 0 saturated carbocycles. The van der Waals surface area contributed by atoms with Crippen LogP contribution in [0.5, 0.6) is 0 Å². The van der Waals surface area contributed by atoms with E-state index in [4.69, 9.17) is 0 Å². The second-order valence-corrected chi connectivity index (χ2v) is 6.39. The maximum atomic E-state index is 12.7. The highest BCUT2D eigenvalue weighted by Crippen LogP contribution is 2.28. The van der Waals surface area contributed by atoms with Crippen molar-refractivity contribution in [3.05, 3.63) is 0 Å². The second-order valence-electron chi connectivity index (χ2n) is 6.39. The standard InChI is InChI=1S/C15H28N2O/c1-12-10-13(2)14(3)17(11-12)15(18)16-8-6-4-5-7-9-16/h12-14H,4-11H2,1-3H3. The number of amides is 2. The molecule has 0 aliphatic carbocycles. The first-order valence-corrected chi connectivity index (χ1v) is 7.65. The molecule has 104 valence electrons. The maximum absolute atomic E-state index is 12.7. The third-order valence-corrected chi connectivity index (χ3v) is 4.72. The van der Waals surface area contributed by atoms with Crippen LogP contribution in [-0.2, 0) is 0 Å². The Morgan fingerprint density at radius 3 is 2.22 bits per heavy atom. The van der Waals surface area contributed by atoms with Crippen LogP contribution in [0.3, 0.4) is 0 Å². The highest BCUT2D eigenvalue weighted by atomic mass is 16.2. The summed E-state index contributed by atoms with van der Waals surface area (Å²) in [6.07, 6.45) is 6.18. The first-order valence-electron chi connectivity index (χ1n) is 7.65. The van der Waals surface area contributed by atoms with Crippen LogP contribution in [-0.4, -0.2) is 41.5 Å². The number of nitrogens with zero attached hydrogens (tertiary/aromatic N) is 2.